The number of carbonyl (C=O) groups is 1. The van der Waals surface area contributed by atoms with Crippen molar-refractivity contribution < 1.29 is 24.2 Å². The van der Waals surface area contributed by atoms with E-state index in [2.05, 4.69) is 15.1 Å². The minimum Gasteiger partial charge on any atom is -0.491 e. The van der Waals surface area contributed by atoms with Crippen LogP contribution in [0.4, 0.5) is 4.79 Å². The van der Waals surface area contributed by atoms with Gasteiger partial charge in [0.05, 0.1) is 6.04 Å². The first-order valence-electron chi connectivity index (χ1n) is 8.18. The molecule has 0 bridgehead atoms. The molecule has 0 saturated carbocycles. The molecular formula is C17H28N4O5. The molecule has 1 amide bonds. The van der Waals surface area contributed by atoms with Crippen LogP contribution in [0.1, 0.15) is 33.3 Å². The number of aliphatic hydroxyl groups is 1. The molecule has 1 rings (SSSR count). The van der Waals surface area contributed by atoms with Gasteiger partial charge in [0, 0.05) is 5.56 Å². The van der Waals surface area contributed by atoms with Crippen molar-refractivity contribution in [3.63, 3.8) is 0 Å². The number of benzene rings is 1. The van der Waals surface area contributed by atoms with Gasteiger partial charge < -0.3 is 25.2 Å². The molecule has 0 heterocycles. The third kappa shape index (κ3) is 8.15. The molecule has 146 valence electrons. The summed E-state index contributed by atoms with van der Waals surface area (Å²) in [6.45, 7) is 7.43. The van der Waals surface area contributed by atoms with Gasteiger partial charge in [0.1, 0.15) is 30.4 Å². The average Bonchev–Trinajstić information content (AvgIpc) is 2.53. The van der Waals surface area contributed by atoms with Gasteiger partial charge >= 0.3 is 6.09 Å². The summed E-state index contributed by atoms with van der Waals surface area (Å²) in [5.41, 5.74) is 5.95. The lowest BCUT2D eigenvalue weighted by molar-refractivity contribution is 0.0324. The summed E-state index contributed by atoms with van der Waals surface area (Å²) in [5, 5.41) is 12.3. The van der Waals surface area contributed by atoms with E-state index in [1.165, 1.54) is 0 Å². The van der Waals surface area contributed by atoms with Crippen LogP contribution < -0.4 is 21.7 Å². The summed E-state index contributed by atoms with van der Waals surface area (Å²) in [7, 11) is 0. The van der Waals surface area contributed by atoms with E-state index in [9.17, 15) is 9.90 Å². The van der Waals surface area contributed by atoms with E-state index in [1.54, 1.807) is 52.0 Å². The zero-order valence-corrected chi connectivity index (χ0v) is 15.6. The molecule has 0 saturated heterocycles. The van der Waals surface area contributed by atoms with Gasteiger partial charge in [-0.3, -0.25) is 10.3 Å². The van der Waals surface area contributed by atoms with Crippen molar-refractivity contribution >= 4 is 11.9 Å². The average molecular weight is 368 g/mol. The Balaban J connectivity index is 2.63. The molecule has 0 aliphatic carbocycles. The van der Waals surface area contributed by atoms with Crippen LogP contribution in [0, 0.1) is 0 Å². The number of nitrogens with one attached hydrogen (secondary N) is 1. The maximum absolute atomic E-state index is 11.7. The van der Waals surface area contributed by atoms with E-state index >= 15 is 0 Å². The topological polar surface area (TPSA) is 141 Å². The highest BCUT2D eigenvalue weighted by atomic mass is 16.6. The second kappa shape index (κ2) is 9.95. The number of amides is 1. The summed E-state index contributed by atoms with van der Waals surface area (Å²) < 4.78 is 10.5. The number of nitrogens with zero attached hydrogens (tertiary/aromatic N) is 1. The fourth-order valence-electron chi connectivity index (χ4n) is 1.84. The molecule has 0 aromatic heterocycles. The molecule has 0 fully saturated rings. The monoisotopic (exact) mass is 368 g/mol. The SMILES string of the molecule is CC(N=C(N)c1ccc(OCCON)cc1)C(O)NC(=O)OC(C)(C)C. The largest absolute Gasteiger partial charge is 0.491 e. The second-order valence-corrected chi connectivity index (χ2v) is 6.59. The van der Waals surface area contributed by atoms with Gasteiger partial charge in [-0.15, -0.1) is 0 Å². The van der Waals surface area contributed by atoms with E-state index in [1.807, 2.05) is 0 Å². The highest BCUT2D eigenvalue weighted by Crippen LogP contribution is 2.13. The van der Waals surface area contributed by atoms with Crippen molar-refractivity contribution in [1.82, 2.24) is 5.32 Å². The molecule has 9 nitrogen and oxygen atoms in total. The van der Waals surface area contributed by atoms with Crippen LogP contribution >= 0.6 is 0 Å². The predicted octanol–water partition coefficient (Wildman–Crippen LogP) is 0.893. The molecule has 0 spiro atoms. The Kier molecular flexibility index (Phi) is 8.30. The number of amidine groups is 1. The number of hydrogen-bond donors (Lipinski definition) is 4. The third-order valence-electron chi connectivity index (χ3n) is 3.08. The number of carbonyl (C=O) groups excluding carboxylic acids is 1. The van der Waals surface area contributed by atoms with Crippen molar-refractivity contribution in [3.8, 4) is 5.75 Å². The van der Waals surface area contributed by atoms with Crippen LogP contribution in [0.25, 0.3) is 0 Å². The zero-order chi connectivity index (χ0) is 19.7. The van der Waals surface area contributed by atoms with E-state index in [-0.39, 0.29) is 12.4 Å². The van der Waals surface area contributed by atoms with Gasteiger partial charge in [0.25, 0.3) is 0 Å². The number of aliphatic imine (C=N–C) groups is 1. The molecule has 1 aromatic rings. The first-order valence-corrected chi connectivity index (χ1v) is 8.18. The van der Waals surface area contributed by atoms with Crippen molar-refractivity contribution in [3.05, 3.63) is 29.8 Å². The fourth-order valence-corrected chi connectivity index (χ4v) is 1.84. The Labute approximate surface area is 153 Å². The van der Waals surface area contributed by atoms with Gasteiger partial charge in [-0.2, -0.15) is 0 Å². The summed E-state index contributed by atoms with van der Waals surface area (Å²) in [6.07, 6.45) is -1.96. The molecule has 0 aliphatic rings. The van der Waals surface area contributed by atoms with Crippen molar-refractivity contribution in [2.75, 3.05) is 13.2 Å². The van der Waals surface area contributed by atoms with Crippen LogP contribution in [0.15, 0.2) is 29.3 Å². The number of ether oxygens (including phenoxy) is 2. The lowest BCUT2D eigenvalue weighted by Crippen LogP contribution is -2.44. The summed E-state index contributed by atoms with van der Waals surface area (Å²) >= 11 is 0. The summed E-state index contributed by atoms with van der Waals surface area (Å²) in [6, 6.07) is 6.26. The number of hydrogen-bond acceptors (Lipinski definition) is 7. The Hall–Kier alpha value is -2.36. The Bertz CT molecular complexity index is 598. The van der Waals surface area contributed by atoms with Crippen LogP contribution in [0.3, 0.4) is 0 Å². The predicted molar refractivity (Wildman–Crippen MR) is 97.6 cm³/mol. The second-order valence-electron chi connectivity index (χ2n) is 6.59. The van der Waals surface area contributed by atoms with E-state index in [0.29, 0.717) is 17.9 Å². The lowest BCUT2D eigenvalue weighted by atomic mass is 10.2. The van der Waals surface area contributed by atoms with Gasteiger partial charge in [0.2, 0.25) is 0 Å². The fraction of sp³-hybridized carbons (Fsp3) is 0.529. The van der Waals surface area contributed by atoms with Gasteiger partial charge in [-0.25, -0.2) is 10.7 Å². The molecule has 2 unspecified atom stereocenters. The molecular weight excluding hydrogens is 340 g/mol. The van der Waals surface area contributed by atoms with Gasteiger partial charge in [-0.1, -0.05) is 0 Å². The first-order chi connectivity index (χ1) is 12.1. The van der Waals surface area contributed by atoms with Crippen LogP contribution in [-0.2, 0) is 9.57 Å². The molecule has 0 aliphatic heterocycles. The maximum Gasteiger partial charge on any atom is 0.409 e. The first kappa shape index (κ1) is 21.7. The maximum atomic E-state index is 11.7. The minimum atomic E-state index is -1.23. The molecule has 6 N–H and O–H groups in total. The molecule has 0 radical (unpaired) electrons. The normalized spacial score (nSPS) is 14.5. The van der Waals surface area contributed by atoms with Crippen molar-refractivity contribution in [1.29, 1.82) is 0 Å². The standard InChI is InChI=1S/C17H28N4O5/c1-11(15(22)21-16(23)26-17(2,3)4)20-14(18)12-5-7-13(8-6-12)24-9-10-25-19/h5-8,11,15,22H,9-10,19H2,1-4H3,(H2,18,20)(H,21,23). The van der Waals surface area contributed by atoms with Crippen LogP contribution in [-0.4, -0.2) is 48.1 Å². The summed E-state index contributed by atoms with van der Waals surface area (Å²) in [4.78, 5) is 20.3. The molecule has 2 atom stereocenters. The number of nitrogens with two attached hydrogens (primary N) is 2. The highest BCUT2D eigenvalue weighted by molar-refractivity contribution is 5.97. The Morgan fingerprint density at radius 3 is 2.42 bits per heavy atom. The number of alkyl carbamates (subject to hydrolysis) is 1. The van der Waals surface area contributed by atoms with Crippen molar-refractivity contribution in [2.24, 2.45) is 16.6 Å². The van der Waals surface area contributed by atoms with Gasteiger partial charge in [-0.05, 0) is 52.0 Å². The van der Waals surface area contributed by atoms with Crippen molar-refractivity contribution in [2.45, 2.75) is 45.6 Å². The Morgan fingerprint density at radius 1 is 1.27 bits per heavy atom. The Morgan fingerprint density at radius 2 is 1.88 bits per heavy atom. The van der Waals surface area contributed by atoms with E-state index in [4.69, 9.17) is 21.1 Å². The van der Waals surface area contributed by atoms with E-state index < -0.39 is 24.0 Å². The quantitative estimate of drug-likeness (QED) is 0.175. The lowest BCUT2D eigenvalue weighted by Gasteiger charge is -2.23. The van der Waals surface area contributed by atoms with Crippen LogP contribution in [0.2, 0.25) is 0 Å². The van der Waals surface area contributed by atoms with Gasteiger partial charge in [0.15, 0.2) is 6.23 Å². The third-order valence-corrected chi connectivity index (χ3v) is 3.08. The van der Waals surface area contributed by atoms with E-state index in [0.717, 1.165) is 0 Å². The minimum absolute atomic E-state index is 0.222. The summed E-state index contributed by atoms with van der Waals surface area (Å²) in [5.74, 6) is 5.78. The number of aliphatic hydroxyl groups excluding tert-OH is 1. The molecule has 9 heteroatoms. The number of rotatable bonds is 8. The van der Waals surface area contributed by atoms with Crippen LogP contribution in [0.5, 0.6) is 5.75 Å². The highest BCUT2D eigenvalue weighted by Gasteiger charge is 2.21. The molecule has 1 aromatic carbocycles. The zero-order valence-electron chi connectivity index (χ0n) is 15.6. The molecule has 26 heavy (non-hydrogen) atoms. The smallest absolute Gasteiger partial charge is 0.409 e.